The van der Waals surface area contributed by atoms with Crippen LogP contribution in [0, 0.1) is 12.3 Å². The van der Waals surface area contributed by atoms with Crippen molar-refractivity contribution in [2.75, 3.05) is 0 Å². The Morgan fingerprint density at radius 1 is 1.47 bits per heavy atom. The molecule has 1 rings (SSSR count). The summed E-state index contributed by atoms with van der Waals surface area (Å²) < 4.78 is 15.5. The number of phosphoric ester groups is 1. The van der Waals surface area contributed by atoms with Crippen molar-refractivity contribution < 1.29 is 18.9 Å². The van der Waals surface area contributed by atoms with E-state index in [2.05, 4.69) is 10.4 Å². The zero-order valence-corrected chi connectivity index (χ0v) is 10.5. The zero-order chi connectivity index (χ0) is 12.9. The highest BCUT2D eigenvalue weighted by Gasteiger charge is 2.19. The molecule has 0 saturated carbocycles. The van der Waals surface area contributed by atoms with E-state index >= 15 is 0 Å². The second kappa shape index (κ2) is 5.88. The van der Waals surface area contributed by atoms with Gasteiger partial charge in [0.25, 0.3) is 0 Å². The second-order valence-corrected chi connectivity index (χ2v) is 4.77. The molecular formula is C12H15O4P. The Hall–Kier alpha value is -1.27. The van der Waals surface area contributed by atoms with E-state index in [4.69, 9.17) is 16.2 Å². The monoisotopic (exact) mass is 254 g/mol. The Labute approximate surface area is 101 Å². The second-order valence-electron chi connectivity index (χ2n) is 3.61. The van der Waals surface area contributed by atoms with Gasteiger partial charge in [0.15, 0.2) is 0 Å². The SMILES string of the molecule is C#CCc1cccc(OP(=O)(O)O)c1CCC. The van der Waals surface area contributed by atoms with Gasteiger partial charge in [-0.2, -0.15) is 0 Å². The van der Waals surface area contributed by atoms with Gasteiger partial charge >= 0.3 is 7.82 Å². The molecule has 0 unspecified atom stereocenters. The molecule has 5 heteroatoms. The maximum atomic E-state index is 10.9. The third-order valence-electron chi connectivity index (χ3n) is 2.24. The van der Waals surface area contributed by atoms with Crippen LogP contribution < -0.4 is 4.52 Å². The van der Waals surface area contributed by atoms with Crippen LogP contribution in [-0.2, 0) is 17.4 Å². The molecule has 92 valence electrons. The Morgan fingerprint density at radius 2 is 2.18 bits per heavy atom. The van der Waals surface area contributed by atoms with Crippen molar-refractivity contribution in [2.45, 2.75) is 26.2 Å². The van der Waals surface area contributed by atoms with E-state index in [1.807, 2.05) is 13.0 Å². The van der Waals surface area contributed by atoms with Crippen LogP contribution in [0.5, 0.6) is 5.75 Å². The lowest BCUT2D eigenvalue weighted by molar-refractivity contribution is 0.282. The average molecular weight is 254 g/mol. The van der Waals surface area contributed by atoms with Crippen LogP contribution >= 0.6 is 7.82 Å². The summed E-state index contributed by atoms with van der Waals surface area (Å²) in [6.07, 6.45) is 7.20. The first-order valence-electron chi connectivity index (χ1n) is 5.27. The molecule has 0 spiro atoms. The summed E-state index contributed by atoms with van der Waals surface area (Å²) in [5, 5.41) is 0. The Kier molecular flexibility index (Phi) is 4.77. The molecule has 0 aliphatic heterocycles. The van der Waals surface area contributed by atoms with Crippen LogP contribution in [0.3, 0.4) is 0 Å². The molecule has 0 aliphatic carbocycles. The lowest BCUT2D eigenvalue weighted by Crippen LogP contribution is -1.99. The van der Waals surface area contributed by atoms with Crippen molar-refractivity contribution in [2.24, 2.45) is 0 Å². The highest BCUT2D eigenvalue weighted by molar-refractivity contribution is 7.46. The predicted octanol–water partition coefficient (Wildman–Crippen LogP) is 2.29. The molecule has 4 nitrogen and oxygen atoms in total. The van der Waals surface area contributed by atoms with Crippen LogP contribution in [0.1, 0.15) is 24.5 Å². The third kappa shape index (κ3) is 4.24. The van der Waals surface area contributed by atoms with E-state index in [0.29, 0.717) is 12.8 Å². The Morgan fingerprint density at radius 3 is 2.71 bits per heavy atom. The van der Waals surface area contributed by atoms with Gasteiger partial charge < -0.3 is 4.52 Å². The predicted molar refractivity (Wildman–Crippen MR) is 65.6 cm³/mol. The van der Waals surface area contributed by atoms with Gasteiger partial charge in [-0.05, 0) is 23.6 Å². The Balaban J connectivity index is 3.15. The first-order chi connectivity index (χ1) is 7.98. The number of rotatable bonds is 5. The molecule has 0 saturated heterocycles. The van der Waals surface area contributed by atoms with Crippen molar-refractivity contribution in [3.63, 3.8) is 0 Å². The molecule has 0 heterocycles. The van der Waals surface area contributed by atoms with E-state index in [9.17, 15) is 4.57 Å². The molecule has 0 bridgehead atoms. The van der Waals surface area contributed by atoms with Crippen LogP contribution in [0.2, 0.25) is 0 Å². The van der Waals surface area contributed by atoms with Crippen LogP contribution in [0.4, 0.5) is 0 Å². The zero-order valence-electron chi connectivity index (χ0n) is 9.59. The van der Waals surface area contributed by atoms with E-state index in [1.165, 1.54) is 0 Å². The average Bonchev–Trinajstić information content (AvgIpc) is 2.21. The third-order valence-corrected chi connectivity index (χ3v) is 2.67. The summed E-state index contributed by atoms with van der Waals surface area (Å²) >= 11 is 0. The molecule has 17 heavy (non-hydrogen) atoms. The fraction of sp³-hybridized carbons (Fsp3) is 0.333. The fourth-order valence-corrected chi connectivity index (χ4v) is 2.06. The fourth-order valence-electron chi connectivity index (χ4n) is 1.63. The summed E-state index contributed by atoms with van der Waals surface area (Å²) in [4.78, 5) is 17.7. The number of benzene rings is 1. The molecule has 0 aliphatic rings. The van der Waals surface area contributed by atoms with Crippen molar-refractivity contribution in [1.82, 2.24) is 0 Å². The number of terminal acetylenes is 1. The minimum absolute atomic E-state index is 0.216. The van der Waals surface area contributed by atoms with Gasteiger partial charge in [-0.15, -0.1) is 12.3 Å². The van der Waals surface area contributed by atoms with E-state index < -0.39 is 7.82 Å². The van der Waals surface area contributed by atoms with Gasteiger partial charge in [-0.1, -0.05) is 25.5 Å². The standard InChI is InChI=1S/C12H15O4P/c1-3-6-10-8-5-9-12(11(10)7-4-2)16-17(13,14)15/h1,5,8-9H,4,6-7H2,2H3,(H2,13,14,15). The molecule has 0 amide bonds. The van der Waals surface area contributed by atoms with Crippen LogP contribution in [-0.4, -0.2) is 9.79 Å². The van der Waals surface area contributed by atoms with Gasteiger partial charge in [-0.3, -0.25) is 9.79 Å². The minimum atomic E-state index is -4.53. The smallest absolute Gasteiger partial charge is 0.404 e. The molecular weight excluding hydrogens is 239 g/mol. The summed E-state index contributed by atoms with van der Waals surface area (Å²) in [7, 11) is -4.53. The van der Waals surface area contributed by atoms with E-state index in [0.717, 1.165) is 17.5 Å². The van der Waals surface area contributed by atoms with Crippen LogP contribution in [0.25, 0.3) is 0 Å². The minimum Gasteiger partial charge on any atom is -0.404 e. The van der Waals surface area contributed by atoms with Gasteiger partial charge in [0.2, 0.25) is 0 Å². The largest absolute Gasteiger partial charge is 0.524 e. The van der Waals surface area contributed by atoms with E-state index in [-0.39, 0.29) is 5.75 Å². The maximum Gasteiger partial charge on any atom is 0.524 e. The number of hydrogen-bond acceptors (Lipinski definition) is 2. The molecule has 1 aromatic carbocycles. The van der Waals surface area contributed by atoms with E-state index in [1.54, 1.807) is 12.1 Å². The van der Waals surface area contributed by atoms with Crippen molar-refractivity contribution >= 4 is 7.82 Å². The maximum absolute atomic E-state index is 10.9. The number of hydrogen-bond donors (Lipinski definition) is 2. The first kappa shape index (κ1) is 13.8. The topological polar surface area (TPSA) is 66.8 Å². The van der Waals surface area contributed by atoms with Crippen LogP contribution in [0.15, 0.2) is 18.2 Å². The highest BCUT2D eigenvalue weighted by Crippen LogP contribution is 2.40. The summed E-state index contributed by atoms with van der Waals surface area (Å²) in [6, 6.07) is 5.07. The normalized spacial score (nSPS) is 10.9. The quantitative estimate of drug-likeness (QED) is 0.625. The van der Waals surface area contributed by atoms with Gasteiger partial charge in [-0.25, -0.2) is 4.57 Å². The molecule has 1 aromatic rings. The van der Waals surface area contributed by atoms with Crippen molar-refractivity contribution in [3.05, 3.63) is 29.3 Å². The van der Waals surface area contributed by atoms with Gasteiger partial charge in [0.1, 0.15) is 5.75 Å². The summed E-state index contributed by atoms with van der Waals surface area (Å²) in [5.74, 6) is 2.74. The van der Waals surface area contributed by atoms with Crippen molar-refractivity contribution in [1.29, 1.82) is 0 Å². The molecule has 0 radical (unpaired) electrons. The summed E-state index contributed by atoms with van der Waals surface area (Å²) in [6.45, 7) is 1.98. The van der Waals surface area contributed by atoms with Gasteiger partial charge in [0.05, 0.1) is 0 Å². The molecule has 0 fully saturated rings. The molecule has 0 atom stereocenters. The first-order valence-corrected chi connectivity index (χ1v) is 6.80. The molecule has 2 N–H and O–H groups in total. The molecule has 0 aromatic heterocycles. The van der Waals surface area contributed by atoms with Gasteiger partial charge in [0, 0.05) is 6.42 Å². The summed E-state index contributed by atoms with van der Waals surface area (Å²) in [5.41, 5.74) is 1.65. The van der Waals surface area contributed by atoms with Crippen molar-refractivity contribution in [3.8, 4) is 18.1 Å². The lowest BCUT2D eigenvalue weighted by Gasteiger charge is -2.14. The Bertz CT molecular complexity index is 470. The number of phosphoric acid groups is 1. The lowest BCUT2D eigenvalue weighted by atomic mass is 10.00. The highest BCUT2D eigenvalue weighted by atomic mass is 31.2.